The number of hydrogen-bond acceptors (Lipinski definition) is 5. The molecule has 33 heavy (non-hydrogen) atoms. The molecular weight excluding hydrogens is 442 g/mol. The Morgan fingerprint density at radius 3 is 2.61 bits per heavy atom. The van der Waals surface area contributed by atoms with E-state index in [1.807, 2.05) is 12.1 Å². The van der Waals surface area contributed by atoms with E-state index in [4.69, 9.17) is 4.74 Å². The number of ether oxygens (including phenoxy) is 1. The van der Waals surface area contributed by atoms with Gasteiger partial charge in [0, 0.05) is 12.6 Å². The minimum Gasteiger partial charge on any atom is -0.496 e. The molecule has 9 heteroatoms. The molecule has 1 aliphatic heterocycles. The highest BCUT2D eigenvalue weighted by Gasteiger charge is 2.31. The lowest BCUT2D eigenvalue weighted by Crippen LogP contribution is -2.42. The first-order chi connectivity index (χ1) is 15.9. The van der Waals surface area contributed by atoms with Gasteiger partial charge >= 0.3 is 0 Å². The number of benzene rings is 2. The number of anilines is 1. The SMILES string of the molecule is COc1ccc(S(=O)(=O)N2CCc3ccccc32)cc1C(=O)NCC(=O)NC1CCCCC1. The summed E-state index contributed by atoms with van der Waals surface area (Å²) in [7, 11) is -2.46. The Balaban J connectivity index is 1.49. The highest BCUT2D eigenvalue weighted by Crippen LogP contribution is 2.33. The van der Waals surface area contributed by atoms with Gasteiger partial charge in [0.25, 0.3) is 15.9 Å². The second kappa shape index (κ2) is 9.82. The van der Waals surface area contributed by atoms with E-state index >= 15 is 0 Å². The van der Waals surface area contributed by atoms with Crippen LogP contribution in [0.4, 0.5) is 5.69 Å². The van der Waals surface area contributed by atoms with E-state index in [1.54, 1.807) is 12.1 Å². The number of sulfonamides is 1. The van der Waals surface area contributed by atoms with E-state index in [-0.39, 0.29) is 34.7 Å². The first-order valence-corrected chi connectivity index (χ1v) is 12.7. The molecule has 176 valence electrons. The molecule has 8 nitrogen and oxygen atoms in total. The summed E-state index contributed by atoms with van der Waals surface area (Å²) in [6.07, 6.45) is 5.91. The summed E-state index contributed by atoms with van der Waals surface area (Å²) in [6.45, 7) is 0.158. The number of carbonyl (C=O) groups is 2. The zero-order valence-corrected chi connectivity index (χ0v) is 19.5. The Morgan fingerprint density at radius 2 is 1.85 bits per heavy atom. The molecule has 2 aliphatic rings. The van der Waals surface area contributed by atoms with Gasteiger partial charge in [-0.05, 0) is 49.1 Å². The van der Waals surface area contributed by atoms with E-state index in [9.17, 15) is 18.0 Å². The van der Waals surface area contributed by atoms with Crippen LogP contribution >= 0.6 is 0 Å². The second-order valence-corrected chi connectivity index (χ2v) is 10.3. The molecule has 0 atom stereocenters. The summed E-state index contributed by atoms with van der Waals surface area (Å²) in [5.74, 6) is -0.586. The van der Waals surface area contributed by atoms with E-state index in [1.165, 1.54) is 36.0 Å². The predicted octanol–water partition coefficient (Wildman–Crippen LogP) is 2.63. The van der Waals surface area contributed by atoms with Crippen molar-refractivity contribution in [2.24, 2.45) is 0 Å². The van der Waals surface area contributed by atoms with E-state index in [0.29, 0.717) is 18.7 Å². The van der Waals surface area contributed by atoms with Crippen LogP contribution in [0.2, 0.25) is 0 Å². The summed E-state index contributed by atoms with van der Waals surface area (Å²) in [6, 6.07) is 11.7. The minimum atomic E-state index is -3.87. The van der Waals surface area contributed by atoms with Gasteiger partial charge in [-0.25, -0.2) is 8.42 Å². The maximum absolute atomic E-state index is 13.3. The largest absolute Gasteiger partial charge is 0.496 e. The van der Waals surface area contributed by atoms with Gasteiger partial charge in [-0.1, -0.05) is 37.5 Å². The van der Waals surface area contributed by atoms with Crippen molar-refractivity contribution in [3.63, 3.8) is 0 Å². The van der Waals surface area contributed by atoms with E-state index < -0.39 is 15.9 Å². The van der Waals surface area contributed by atoms with Crippen LogP contribution in [0.1, 0.15) is 48.0 Å². The van der Waals surface area contributed by atoms with Crippen LogP contribution in [0.25, 0.3) is 0 Å². The Hall–Kier alpha value is -3.07. The van der Waals surface area contributed by atoms with Gasteiger partial charge in [0.2, 0.25) is 5.91 Å². The first kappa shape index (κ1) is 23.1. The van der Waals surface area contributed by atoms with Crippen LogP contribution in [0.3, 0.4) is 0 Å². The predicted molar refractivity (Wildman–Crippen MR) is 125 cm³/mol. The minimum absolute atomic E-state index is 0.00295. The number of amides is 2. The maximum Gasteiger partial charge on any atom is 0.264 e. The quantitative estimate of drug-likeness (QED) is 0.646. The van der Waals surface area contributed by atoms with Crippen molar-refractivity contribution < 1.29 is 22.7 Å². The number of para-hydroxylation sites is 1. The number of fused-ring (bicyclic) bond motifs is 1. The van der Waals surface area contributed by atoms with Gasteiger partial charge in [0.05, 0.1) is 29.8 Å². The lowest BCUT2D eigenvalue weighted by Gasteiger charge is -2.23. The third kappa shape index (κ3) is 4.98. The Kier molecular flexibility index (Phi) is 6.88. The van der Waals surface area contributed by atoms with Gasteiger partial charge in [-0.3, -0.25) is 13.9 Å². The summed E-state index contributed by atoms with van der Waals surface area (Å²) < 4.78 is 33.3. The summed E-state index contributed by atoms with van der Waals surface area (Å²) in [5.41, 5.74) is 1.69. The van der Waals surface area contributed by atoms with Gasteiger partial charge in [-0.15, -0.1) is 0 Å². The Bertz CT molecular complexity index is 1140. The molecule has 2 N–H and O–H groups in total. The molecule has 2 aromatic carbocycles. The maximum atomic E-state index is 13.3. The number of nitrogens with zero attached hydrogens (tertiary/aromatic N) is 1. The molecule has 0 saturated heterocycles. The van der Waals surface area contributed by atoms with Crippen LogP contribution in [0.5, 0.6) is 5.75 Å². The molecule has 0 spiro atoms. The number of rotatable bonds is 7. The van der Waals surface area contributed by atoms with Crippen LogP contribution in [-0.4, -0.2) is 46.5 Å². The number of methoxy groups -OCH3 is 1. The van der Waals surface area contributed by atoms with E-state index in [0.717, 1.165) is 31.2 Å². The molecule has 0 radical (unpaired) electrons. The van der Waals surface area contributed by atoms with Crippen molar-refractivity contribution in [1.82, 2.24) is 10.6 Å². The number of carbonyl (C=O) groups excluding carboxylic acids is 2. The van der Waals surface area contributed by atoms with Crippen LogP contribution in [-0.2, 0) is 21.2 Å². The molecule has 1 fully saturated rings. The van der Waals surface area contributed by atoms with Gasteiger partial charge in [-0.2, -0.15) is 0 Å². The fraction of sp³-hybridized carbons (Fsp3) is 0.417. The third-order valence-corrected chi connectivity index (χ3v) is 8.04. The molecule has 2 amide bonds. The Morgan fingerprint density at radius 1 is 1.09 bits per heavy atom. The number of nitrogens with one attached hydrogen (secondary N) is 2. The van der Waals surface area contributed by atoms with Gasteiger partial charge in [0.1, 0.15) is 5.75 Å². The Labute approximate surface area is 194 Å². The molecular formula is C24H29N3O5S. The van der Waals surface area contributed by atoms with Crippen LogP contribution < -0.4 is 19.7 Å². The highest BCUT2D eigenvalue weighted by atomic mass is 32.2. The second-order valence-electron chi connectivity index (χ2n) is 8.40. The zero-order valence-electron chi connectivity index (χ0n) is 18.7. The van der Waals surface area contributed by atoms with Crippen LogP contribution in [0.15, 0.2) is 47.4 Å². The van der Waals surface area contributed by atoms with Crippen molar-refractivity contribution in [2.75, 3.05) is 24.5 Å². The van der Waals surface area contributed by atoms with Gasteiger partial charge in [0.15, 0.2) is 0 Å². The molecule has 1 heterocycles. The summed E-state index contributed by atoms with van der Waals surface area (Å²) in [5, 5.41) is 5.54. The standard InChI is InChI=1S/C24H29N3O5S/c1-32-22-12-11-19(33(30,31)27-14-13-17-7-5-6-10-21(17)27)15-20(22)24(29)25-16-23(28)26-18-8-3-2-4-9-18/h5-7,10-12,15,18H,2-4,8-9,13-14,16H2,1H3,(H,25,29)(H,26,28). The number of hydrogen-bond donors (Lipinski definition) is 2. The fourth-order valence-electron chi connectivity index (χ4n) is 4.49. The monoisotopic (exact) mass is 471 g/mol. The molecule has 0 bridgehead atoms. The highest BCUT2D eigenvalue weighted by molar-refractivity contribution is 7.92. The van der Waals surface area contributed by atoms with Gasteiger partial charge < -0.3 is 15.4 Å². The van der Waals surface area contributed by atoms with Crippen molar-refractivity contribution in [2.45, 2.75) is 49.5 Å². The molecule has 0 aromatic heterocycles. The molecule has 2 aromatic rings. The normalized spacial score (nSPS) is 16.2. The summed E-state index contributed by atoms with van der Waals surface area (Å²) in [4.78, 5) is 25.1. The fourth-order valence-corrected chi connectivity index (χ4v) is 6.02. The van der Waals surface area contributed by atoms with E-state index in [2.05, 4.69) is 10.6 Å². The van der Waals surface area contributed by atoms with Crippen LogP contribution in [0, 0.1) is 0 Å². The third-order valence-electron chi connectivity index (χ3n) is 6.23. The smallest absolute Gasteiger partial charge is 0.264 e. The molecule has 4 rings (SSSR count). The molecule has 1 saturated carbocycles. The zero-order chi connectivity index (χ0) is 23.4. The lowest BCUT2D eigenvalue weighted by atomic mass is 9.95. The van der Waals surface area contributed by atoms with Crippen molar-refractivity contribution in [3.05, 3.63) is 53.6 Å². The molecule has 0 unspecified atom stereocenters. The van der Waals surface area contributed by atoms with Crippen molar-refractivity contribution >= 4 is 27.5 Å². The average molecular weight is 472 g/mol. The lowest BCUT2D eigenvalue weighted by molar-refractivity contribution is -0.121. The van der Waals surface area contributed by atoms with Crippen molar-refractivity contribution in [1.29, 1.82) is 0 Å². The van der Waals surface area contributed by atoms with Crippen molar-refractivity contribution in [3.8, 4) is 5.75 Å². The molecule has 1 aliphatic carbocycles. The topological polar surface area (TPSA) is 105 Å². The summed E-state index contributed by atoms with van der Waals surface area (Å²) >= 11 is 0. The first-order valence-electron chi connectivity index (χ1n) is 11.3. The average Bonchev–Trinajstić information content (AvgIpc) is 3.28.